The second kappa shape index (κ2) is 6.51. The summed E-state index contributed by atoms with van der Waals surface area (Å²) in [5.41, 5.74) is 0. The number of hydrogen-bond donors (Lipinski definition) is 1. The molecule has 0 aliphatic heterocycles. The lowest BCUT2D eigenvalue weighted by Gasteiger charge is -2.08. The van der Waals surface area contributed by atoms with Crippen molar-refractivity contribution in [1.29, 1.82) is 0 Å². The van der Waals surface area contributed by atoms with Crippen molar-refractivity contribution in [3.05, 3.63) is 19.2 Å². The van der Waals surface area contributed by atoms with Gasteiger partial charge in [-0.15, -0.1) is 11.3 Å². The van der Waals surface area contributed by atoms with E-state index in [-0.39, 0.29) is 18.6 Å². The molecule has 0 aliphatic rings. The van der Waals surface area contributed by atoms with E-state index in [1.165, 1.54) is 11.3 Å². The lowest BCUT2D eigenvalue weighted by atomic mass is 10.4. The molecule has 1 N–H and O–H groups in total. The van der Waals surface area contributed by atoms with Crippen LogP contribution in [0.4, 0.5) is 0 Å². The zero-order chi connectivity index (χ0) is 13.0. The molecule has 0 saturated carbocycles. The second-order valence-corrected chi connectivity index (χ2v) is 6.76. The summed E-state index contributed by atoms with van der Waals surface area (Å²) in [5, 5.41) is 2.63. The maximum Gasteiger partial charge on any atom is 0.348 e. The van der Waals surface area contributed by atoms with Crippen molar-refractivity contribution in [3.8, 4) is 0 Å². The van der Waals surface area contributed by atoms with Crippen molar-refractivity contribution in [2.24, 2.45) is 0 Å². The van der Waals surface area contributed by atoms with Crippen molar-refractivity contribution in [2.75, 3.05) is 6.61 Å². The maximum atomic E-state index is 11.6. The first-order valence-corrected chi connectivity index (χ1v) is 7.21. The first kappa shape index (κ1) is 14.7. The van der Waals surface area contributed by atoms with Crippen molar-refractivity contribution in [2.45, 2.75) is 19.9 Å². The van der Waals surface area contributed by atoms with E-state index in [9.17, 15) is 9.59 Å². The molecule has 0 aromatic carbocycles. The Hall–Kier alpha value is -0.400. The van der Waals surface area contributed by atoms with Gasteiger partial charge in [0.2, 0.25) is 0 Å². The van der Waals surface area contributed by atoms with Crippen LogP contribution in [0.2, 0.25) is 0 Å². The normalized spacial score (nSPS) is 10.4. The average molecular weight is 385 g/mol. The number of thiophene rings is 1. The fourth-order valence-electron chi connectivity index (χ4n) is 1.01. The van der Waals surface area contributed by atoms with Gasteiger partial charge in [0.15, 0.2) is 6.61 Å². The zero-order valence-electron chi connectivity index (χ0n) is 9.25. The highest BCUT2D eigenvalue weighted by Crippen LogP contribution is 2.32. The molecule has 1 rings (SSSR count). The Morgan fingerprint density at radius 1 is 1.47 bits per heavy atom. The van der Waals surface area contributed by atoms with Gasteiger partial charge in [-0.3, -0.25) is 4.79 Å². The van der Waals surface area contributed by atoms with Gasteiger partial charge < -0.3 is 10.1 Å². The van der Waals surface area contributed by atoms with Gasteiger partial charge >= 0.3 is 5.97 Å². The van der Waals surface area contributed by atoms with Crippen LogP contribution in [-0.4, -0.2) is 24.5 Å². The van der Waals surface area contributed by atoms with E-state index in [0.717, 1.165) is 8.26 Å². The van der Waals surface area contributed by atoms with Crippen LogP contribution in [0.5, 0.6) is 0 Å². The number of hydrogen-bond acceptors (Lipinski definition) is 4. The monoisotopic (exact) mass is 383 g/mol. The van der Waals surface area contributed by atoms with Crippen LogP contribution < -0.4 is 5.32 Å². The molecule has 1 heterocycles. The Kier molecular flexibility index (Phi) is 5.61. The van der Waals surface area contributed by atoms with Crippen molar-refractivity contribution in [1.82, 2.24) is 5.32 Å². The molecule has 1 amide bonds. The van der Waals surface area contributed by atoms with E-state index in [0.29, 0.717) is 4.88 Å². The quantitative estimate of drug-likeness (QED) is 0.812. The first-order chi connectivity index (χ1) is 7.90. The molecular formula is C10H11Br2NO3S. The van der Waals surface area contributed by atoms with Gasteiger partial charge in [-0.2, -0.15) is 0 Å². The third-order valence-corrected chi connectivity index (χ3v) is 4.87. The standard InChI is InChI=1S/C10H11Br2NO3S/c1-5(2)13-8(14)4-16-10(15)7-3-6(11)9(12)17-7/h3,5H,4H2,1-2H3,(H,13,14). The molecule has 94 valence electrons. The lowest BCUT2D eigenvalue weighted by molar-refractivity contribution is -0.124. The molecule has 4 nitrogen and oxygen atoms in total. The maximum absolute atomic E-state index is 11.6. The topological polar surface area (TPSA) is 55.4 Å². The largest absolute Gasteiger partial charge is 0.451 e. The summed E-state index contributed by atoms with van der Waals surface area (Å²) in [7, 11) is 0. The highest BCUT2D eigenvalue weighted by Gasteiger charge is 2.15. The van der Waals surface area contributed by atoms with Gasteiger partial charge in [0.1, 0.15) is 4.88 Å². The highest BCUT2D eigenvalue weighted by atomic mass is 79.9. The van der Waals surface area contributed by atoms with Gasteiger partial charge in [0.25, 0.3) is 5.91 Å². The van der Waals surface area contributed by atoms with Crippen molar-refractivity contribution < 1.29 is 14.3 Å². The van der Waals surface area contributed by atoms with E-state index >= 15 is 0 Å². The number of rotatable bonds is 4. The highest BCUT2D eigenvalue weighted by molar-refractivity contribution is 9.13. The Bertz CT molecular complexity index is 412. The van der Waals surface area contributed by atoms with Gasteiger partial charge in [-0.1, -0.05) is 0 Å². The Morgan fingerprint density at radius 2 is 2.12 bits per heavy atom. The number of ether oxygens (including phenoxy) is 1. The predicted molar refractivity (Wildman–Crippen MR) is 73.3 cm³/mol. The fraction of sp³-hybridized carbons (Fsp3) is 0.400. The average Bonchev–Trinajstić information content (AvgIpc) is 2.55. The van der Waals surface area contributed by atoms with Crippen LogP contribution >= 0.6 is 43.2 Å². The summed E-state index contributed by atoms with van der Waals surface area (Å²) < 4.78 is 6.49. The molecule has 0 unspecified atom stereocenters. The molecule has 0 fully saturated rings. The van der Waals surface area contributed by atoms with Crippen LogP contribution in [-0.2, 0) is 9.53 Å². The molecule has 1 aromatic heterocycles. The molecule has 0 aliphatic carbocycles. The molecule has 0 spiro atoms. The minimum Gasteiger partial charge on any atom is -0.451 e. The smallest absolute Gasteiger partial charge is 0.348 e. The van der Waals surface area contributed by atoms with Crippen LogP contribution in [0.25, 0.3) is 0 Å². The third-order valence-electron chi connectivity index (χ3n) is 1.63. The van der Waals surface area contributed by atoms with E-state index in [1.54, 1.807) is 6.07 Å². The summed E-state index contributed by atoms with van der Waals surface area (Å²) in [6.07, 6.45) is 0. The van der Waals surface area contributed by atoms with E-state index < -0.39 is 5.97 Å². The number of amides is 1. The summed E-state index contributed by atoms with van der Waals surface area (Å²) in [5.74, 6) is -0.802. The molecule has 7 heteroatoms. The molecule has 0 bridgehead atoms. The summed E-state index contributed by atoms with van der Waals surface area (Å²) in [4.78, 5) is 23.3. The number of esters is 1. The Morgan fingerprint density at radius 3 is 2.59 bits per heavy atom. The van der Waals surface area contributed by atoms with Gasteiger partial charge in [-0.05, 0) is 51.8 Å². The van der Waals surface area contributed by atoms with Crippen LogP contribution in [0.1, 0.15) is 23.5 Å². The van der Waals surface area contributed by atoms with E-state index in [1.807, 2.05) is 13.8 Å². The molecule has 0 saturated heterocycles. The SMILES string of the molecule is CC(C)NC(=O)COC(=O)c1cc(Br)c(Br)s1. The number of nitrogens with one attached hydrogen (secondary N) is 1. The molecule has 0 radical (unpaired) electrons. The zero-order valence-corrected chi connectivity index (χ0v) is 13.2. The minimum absolute atomic E-state index is 0.0335. The summed E-state index contributed by atoms with van der Waals surface area (Å²) in [6.45, 7) is 3.42. The fourth-order valence-corrected chi connectivity index (χ4v) is 2.94. The Labute approximate surface area is 120 Å². The molecule has 0 atom stereocenters. The summed E-state index contributed by atoms with van der Waals surface area (Å²) in [6, 6.07) is 1.68. The minimum atomic E-state index is -0.500. The van der Waals surface area contributed by atoms with Crippen molar-refractivity contribution in [3.63, 3.8) is 0 Å². The summed E-state index contributed by atoms with van der Waals surface area (Å²) >= 11 is 7.81. The first-order valence-electron chi connectivity index (χ1n) is 4.81. The Balaban J connectivity index is 2.47. The van der Waals surface area contributed by atoms with Gasteiger partial charge in [-0.25, -0.2) is 4.79 Å². The molecular weight excluding hydrogens is 374 g/mol. The number of carbonyl (C=O) groups excluding carboxylic acids is 2. The third kappa shape index (κ3) is 4.77. The van der Waals surface area contributed by atoms with Crippen LogP contribution in [0.3, 0.4) is 0 Å². The predicted octanol–water partition coefficient (Wildman–Crippen LogP) is 2.95. The van der Waals surface area contributed by atoms with Crippen LogP contribution in [0.15, 0.2) is 14.3 Å². The number of carbonyl (C=O) groups is 2. The lowest BCUT2D eigenvalue weighted by Crippen LogP contribution is -2.33. The van der Waals surface area contributed by atoms with Gasteiger partial charge in [0.05, 0.1) is 3.79 Å². The molecule has 1 aromatic rings. The number of halogens is 2. The van der Waals surface area contributed by atoms with Crippen molar-refractivity contribution >= 4 is 55.1 Å². The second-order valence-electron chi connectivity index (χ2n) is 3.53. The van der Waals surface area contributed by atoms with Crippen LogP contribution in [0, 0.1) is 0 Å². The molecule has 17 heavy (non-hydrogen) atoms. The van der Waals surface area contributed by atoms with Gasteiger partial charge in [0, 0.05) is 10.5 Å². The van der Waals surface area contributed by atoms with E-state index in [2.05, 4.69) is 37.2 Å². The van der Waals surface area contributed by atoms with E-state index in [4.69, 9.17) is 4.74 Å².